The van der Waals surface area contributed by atoms with E-state index in [4.69, 9.17) is 0 Å². The summed E-state index contributed by atoms with van der Waals surface area (Å²) >= 11 is 0. The van der Waals surface area contributed by atoms with E-state index in [1.807, 2.05) is 39.1 Å². The van der Waals surface area contributed by atoms with Gasteiger partial charge in [-0.05, 0) is 49.0 Å². The van der Waals surface area contributed by atoms with Gasteiger partial charge in [0.05, 0.1) is 12.2 Å². The van der Waals surface area contributed by atoms with Crippen LogP contribution in [0.25, 0.3) is 0 Å². The molecule has 0 aliphatic carbocycles. The predicted octanol–water partition coefficient (Wildman–Crippen LogP) is 4.64. The van der Waals surface area contributed by atoms with Crippen LogP contribution in [-0.2, 0) is 17.9 Å². The van der Waals surface area contributed by atoms with Gasteiger partial charge < -0.3 is 4.90 Å². The molecule has 4 nitrogen and oxygen atoms in total. The third-order valence-corrected chi connectivity index (χ3v) is 4.53. The summed E-state index contributed by atoms with van der Waals surface area (Å²) in [6.07, 6.45) is 1.82. The van der Waals surface area contributed by atoms with Gasteiger partial charge in [-0.15, -0.1) is 0 Å². The first kappa shape index (κ1) is 21.0. The Morgan fingerprint density at radius 1 is 1.00 bits per heavy atom. The number of aromatic nitrogens is 1. The Morgan fingerprint density at radius 3 is 2.11 bits per heavy atom. The Kier molecular flexibility index (Phi) is 7.08. The molecule has 0 N–H and O–H groups in total. The molecule has 0 bridgehead atoms. The number of amides is 1. The summed E-state index contributed by atoms with van der Waals surface area (Å²) in [6.45, 7) is 13.1. The van der Waals surface area contributed by atoms with Crippen LogP contribution in [0.1, 0.15) is 45.9 Å². The first-order valence-electron chi connectivity index (χ1n) is 9.48. The quantitative estimate of drug-likeness (QED) is 0.711. The van der Waals surface area contributed by atoms with E-state index < -0.39 is 5.41 Å². The maximum Gasteiger partial charge on any atom is 0.232 e. The summed E-state index contributed by atoms with van der Waals surface area (Å²) in [4.78, 5) is 21.5. The molecule has 0 atom stereocenters. The normalized spacial score (nSPS) is 11.7. The van der Waals surface area contributed by atoms with Gasteiger partial charge in [-0.1, -0.05) is 40.7 Å². The molecule has 1 aromatic carbocycles. The van der Waals surface area contributed by atoms with E-state index in [2.05, 4.69) is 23.7 Å². The Hall–Kier alpha value is -2.27. The molecule has 0 unspecified atom stereocenters. The molecule has 1 amide bonds. The lowest BCUT2D eigenvalue weighted by Crippen LogP contribution is -2.39. The third-order valence-electron chi connectivity index (χ3n) is 4.53. The van der Waals surface area contributed by atoms with E-state index in [0.717, 1.165) is 30.9 Å². The standard InChI is InChI=1S/C22H30FN3O/c1-6-25(7-2)16-19-11-8-17(14-24-19)15-26(21(27)22(3,4)5)20-12-9-18(23)10-13-20/h8-14H,6-7,15-16H2,1-5H3. The maximum atomic E-state index is 13.3. The molecule has 5 heteroatoms. The first-order chi connectivity index (χ1) is 12.7. The van der Waals surface area contributed by atoms with Gasteiger partial charge in [-0.25, -0.2) is 4.39 Å². The van der Waals surface area contributed by atoms with Gasteiger partial charge in [-0.2, -0.15) is 0 Å². The predicted molar refractivity (Wildman–Crippen MR) is 108 cm³/mol. The molecular weight excluding hydrogens is 341 g/mol. The average Bonchev–Trinajstić information content (AvgIpc) is 2.65. The summed E-state index contributed by atoms with van der Waals surface area (Å²) in [6, 6.07) is 10.1. The van der Waals surface area contributed by atoms with Crippen LogP contribution in [0.5, 0.6) is 0 Å². The zero-order chi connectivity index (χ0) is 20.0. The zero-order valence-electron chi connectivity index (χ0n) is 17.0. The second kappa shape index (κ2) is 9.09. The SMILES string of the molecule is CCN(CC)Cc1ccc(CN(C(=O)C(C)(C)C)c2ccc(F)cc2)cn1. The Morgan fingerprint density at radius 2 is 1.63 bits per heavy atom. The van der Waals surface area contributed by atoms with Crippen LogP contribution in [0.4, 0.5) is 10.1 Å². The monoisotopic (exact) mass is 371 g/mol. The van der Waals surface area contributed by atoms with Gasteiger partial charge in [-0.3, -0.25) is 14.7 Å². The summed E-state index contributed by atoms with van der Waals surface area (Å²) in [7, 11) is 0. The van der Waals surface area contributed by atoms with Crippen molar-refractivity contribution >= 4 is 11.6 Å². The van der Waals surface area contributed by atoms with Crippen molar-refractivity contribution < 1.29 is 9.18 Å². The second-order valence-corrected chi connectivity index (χ2v) is 7.74. The molecule has 2 rings (SSSR count). The van der Waals surface area contributed by atoms with Crippen molar-refractivity contribution in [3.63, 3.8) is 0 Å². The number of nitrogens with zero attached hydrogens (tertiary/aromatic N) is 3. The highest BCUT2D eigenvalue weighted by molar-refractivity contribution is 5.96. The summed E-state index contributed by atoms with van der Waals surface area (Å²) in [5.41, 5.74) is 2.10. The smallest absolute Gasteiger partial charge is 0.232 e. The fourth-order valence-corrected chi connectivity index (χ4v) is 2.81. The lowest BCUT2D eigenvalue weighted by atomic mass is 9.94. The van der Waals surface area contributed by atoms with Gasteiger partial charge in [0.25, 0.3) is 0 Å². The van der Waals surface area contributed by atoms with Crippen LogP contribution in [0, 0.1) is 11.2 Å². The van der Waals surface area contributed by atoms with E-state index in [1.165, 1.54) is 12.1 Å². The Bertz CT molecular complexity index is 732. The number of hydrogen-bond donors (Lipinski definition) is 0. The Labute approximate surface area is 162 Å². The molecule has 0 radical (unpaired) electrons. The van der Waals surface area contributed by atoms with Crippen molar-refractivity contribution in [1.82, 2.24) is 9.88 Å². The minimum absolute atomic E-state index is 0.0127. The molecule has 2 aromatic rings. The lowest BCUT2D eigenvalue weighted by Gasteiger charge is -2.29. The van der Waals surface area contributed by atoms with Crippen molar-refractivity contribution in [2.45, 2.75) is 47.7 Å². The van der Waals surface area contributed by atoms with Crippen LogP contribution in [0.15, 0.2) is 42.6 Å². The van der Waals surface area contributed by atoms with Crippen molar-refractivity contribution in [1.29, 1.82) is 0 Å². The minimum Gasteiger partial charge on any atom is -0.307 e. The Balaban J connectivity index is 2.22. The summed E-state index contributed by atoms with van der Waals surface area (Å²) < 4.78 is 13.3. The lowest BCUT2D eigenvalue weighted by molar-refractivity contribution is -0.125. The van der Waals surface area contributed by atoms with E-state index in [9.17, 15) is 9.18 Å². The highest BCUT2D eigenvalue weighted by Gasteiger charge is 2.28. The highest BCUT2D eigenvalue weighted by atomic mass is 19.1. The van der Waals surface area contributed by atoms with Crippen LogP contribution in [0.2, 0.25) is 0 Å². The van der Waals surface area contributed by atoms with Crippen molar-refractivity contribution in [2.75, 3.05) is 18.0 Å². The molecular formula is C22H30FN3O. The molecule has 0 aliphatic heterocycles. The maximum absolute atomic E-state index is 13.3. The molecule has 0 spiro atoms. The highest BCUT2D eigenvalue weighted by Crippen LogP contribution is 2.25. The molecule has 0 saturated carbocycles. The number of rotatable bonds is 7. The molecule has 0 saturated heterocycles. The molecule has 1 aromatic heterocycles. The van der Waals surface area contributed by atoms with Crippen LogP contribution < -0.4 is 4.90 Å². The van der Waals surface area contributed by atoms with Crippen molar-refractivity contribution in [3.8, 4) is 0 Å². The molecule has 0 fully saturated rings. The fraction of sp³-hybridized carbons (Fsp3) is 0.455. The van der Waals surface area contributed by atoms with Crippen LogP contribution in [-0.4, -0.2) is 28.9 Å². The van der Waals surface area contributed by atoms with Crippen molar-refractivity contribution in [2.24, 2.45) is 5.41 Å². The molecule has 146 valence electrons. The molecule has 27 heavy (non-hydrogen) atoms. The summed E-state index contributed by atoms with van der Waals surface area (Å²) in [5.74, 6) is -0.328. The minimum atomic E-state index is -0.537. The fourth-order valence-electron chi connectivity index (χ4n) is 2.81. The average molecular weight is 372 g/mol. The largest absolute Gasteiger partial charge is 0.307 e. The zero-order valence-corrected chi connectivity index (χ0v) is 17.0. The number of carbonyl (C=O) groups is 1. The van der Waals surface area contributed by atoms with Gasteiger partial charge in [0.15, 0.2) is 0 Å². The van der Waals surface area contributed by atoms with Crippen LogP contribution in [0.3, 0.4) is 0 Å². The van der Waals surface area contributed by atoms with E-state index >= 15 is 0 Å². The van der Waals surface area contributed by atoms with Crippen molar-refractivity contribution in [3.05, 3.63) is 59.7 Å². The van der Waals surface area contributed by atoms with Gasteiger partial charge in [0.1, 0.15) is 5.82 Å². The van der Waals surface area contributed by atoms with Gasteiger partial charge >= 0.3 is 0 Å². The number of pyridine rings is 1. The van der Waals surface area contributed by atoms with Gasteiger partial charge in [0.2, 0.25) is 5.91 Å². The number of halogens is 1. The summed E-state index contributed by atoms with van der Waals surface area (Å²) in [5, 5.41) is 0. The number of carbonyl (C=O) groups excluding carboxylic acids is 1. The number of hydrogen-bond acceptors (Lipinski definition) is 3. The van der Waals surface area contributed by atoms with E-state index in [0.29, 0.717) is 12.2 Å². The third kappa shape index (κ3) is 5.86. The number of anilines is 1. The van der Waals surface area contributed by atoms with E-state index in [1.54, 1.807) is 17.0 Å². The second-order valence-electron chi connectivity index (χ2n) is 7.74. The first-order valence-corrected chi connectivity index (χ1v) is 9.48. The van der Waals surface area contributed by atoms with Crippen LogP contribution >= 0.6 is 0 Å². The number of benzene rings is 1. The topological polar surface area (TPSA) is 36.4 Å². The molecule has 1 heterocycles. The van der Waals surface area contributed by atoms with E-state index in [-0.39, 0.29) is 11.7 Å². The molecule has 0 aliphatic rings. The van der Waals surface area contributed by atoms with Gasteiger partial charge in [0, 0.05) is 23.8 Å².